The largest absolute Gasteiger partial charge is 0.305 e. The van der Waals surface area contributed by atoms with Gasteiger partial charge in [0.1, 0.15) is 5.92 Å². The van der Waals surface area contributed by atoms with Crippen molar-refractivity contribution >= 4 is 5.71 Å². The highest BCUT2D eigenvalue weighted by Crippen LogP contribution is 2.53. The van der Waals surface area contributed by atoms with Crippen LogP contribution in [0.2, 0.25) is 0 Å². The zero-order chi connectivity index (χ0) is 23.6. The SMILES string of the molecule is CC(C)c1ccc([C@H]2[C@@H]3CN(Cc4ccccc4)CC=C3[C@@H](C#N)C(=N)C2(C#N)C#N)cc1. The van der Waals surface area contributed by atoms with Gasteiger partial charge in [-0.3, -0.25) is 4.90 Å². The van der Waals surface area contributed by atoms with Crippen LogP contribution in [-0.2, 0) is 6.54 Å². The summed E-state index contributed by atoms with van der Waals surface area (Å²) in [5.41, 5.74) is 2.37. The van der Waals surface area contributed by atoms with Gasteiger partial charge in [0.05, 0.1) is 23.9 Å². The molecule has 1 saturated carbocycles. The van der Waals surface area contributed by atoms with Crippen molar-refractivity contribution in [2.45, 2.75) is 32.2 Å². The average Bonchev–Trinajstić information content (AvgIpc) is 2.84. The predicted octanol–water partition coefficient (Wildman–Crippen LogP) is 5.16. The second kappa shape index (κ2) is 9.03. The van der Waals surface area contributed by atoms with E-state index in [2.05, 4.69) is 49.1 Å². The molecule has 1 N–H and O–H groups in total. The number of nitrogens with one attached hydrogen (secondary N) is 1. The Kier molecular flexibility index (Phi) is 6.15. The molecule has 0 spiro atoms. The van der Waals surface area contributed by atoms with E-state index in [-0.39, 0.29) is 11.6 Å². The van der Waals surface area contributed by atoms with E-state index in [1.165, 1.54) is 11.1 Å². The summed E-state index contributed by atoms with van der Waals surface area (Å²) in [5, 5.41) is 39.2. The molecule has 2 aromatic carbocycles. The van der Waals surface area contributed by atoms with Crippen LogP contribution in [0.25, 0.3) is 0 Å². The molecule has 0 unspecified atom stereocenters. The van der Waals surface area contributed by atoms with Crippen LogP contribution in [0, 0.1) is 56.7 Å². The minimum atomic E-state index is -1.67. The van der Waals surface area contributed by atoms with Gasteiger partial charge in [0, 0.05) is 31.5 Å². The highest BCUT2D eigenvalue weighted by molar-refractivity contribution is 6.00. The molecule has 0 radical (unpaired) electrons. The Morgan fingerprint density at radius 1 is 1.03 bits per heavy atom. The molecule has 2 aliphatic rings. The normalized spacial score (nSPS) is 24.2. The van der Waals surface area contributed by atoms with Crippen molar-refractivity contribution < 1.29 is 0 Å². The molecule has 33 heavy (non-hydrogen) atoms. The quantitative estimate of drug-likeness (QED) is 0.673. The summed E-state index contributed by atoms with van der Waals surface area (Å²) in [7, 11) is 0. The Labute approximate surface area is 195 Å². The van der Waals surface area contributed by atoms with E-state index in [1.54, 1.807) is 0 Å². The van der Waals surface area contributed by atoms with Crippen LogP contribution in [0.15, 0.2) is 66.2 Å². The molecule has 0 saturated heterocycles. The standard InChI is InChI=1S/C28H27N5/c1-19(2)21-8-10-22(11-9-21)26-25-16-33(15-20-6-4-3-5-7-20)13-12-23(25)24(14-29)27(32)28(26,17-30)18-31/h3-12,19,24-26,32H,13,15-16H2,1-2H3/t24-,25-,26+/m1/s1. The highest BCUT2D eigenvalue weighted by Gasteiger charge is 2.57. The van der Waals surface area contributed by atoms with Crippen LogP contribution in [0.1, 0.15) is 42.4 Å². The highest BCUT2D eigenvalue weighted by atomic mass is 15.1. The zero-order valence-corrected chi connectivity index (χ0v) is 19.0. The summed E-state index contributed by atoms with van der Waals surface area (Å²) in [5.74, 6) is -1.16. The smallest absolute Gasteiger partial charge is 0.189 e. The molecule has 0 amide bonds. The van der Waals surface area contributed by atoms with E-state index in [4.69, 9.17) is 5.41 Å². The Hall–Kier alpha value is -3.72. The van der Waals surface area contributed by atoms with E-state index in [0.29, 0.717) is 19.0 Å². The summed E-state index contributed by atoms with van der Waals surface area (Å²) in [6.45, 7) is 6.31. The average molecular weight is 434 g/mol. The Morgan fingerprint density at radius 3 is 2.27 bits per heavy atom. The van der Waals surface area contributed by atoms with E-state index in [1.807, 2.05) is 48.5 Å². The fourth-order valence-electron chi connectivity index (χ4n) is 5.30. The number of rotatable bonds is 4. The van der Waals surface area contributed by atoms with Crippen LogP contribution in [-0.4, -0.2) is 23.7 Å². The second-order valence-corrected chi connectivity index (χ2v) is 9.30. The van der Waals surface area contributed by atoms with Crippen molar-refractivity contribution in [2.24, 2.45) is 17.3 Å². The van der Waals surface area contributed by atoms with Crippen molar-refractivity contribution in [1.82, 2.24) is 4.90 Å². The third-order valence-electron chi connectivity index (χ3n) is 7.08. The lowest BCUT2D eigenvalue weighted by Gasteiger charge is -2.47. The number of fused-ring (bicyclic) bond motifs is 1. The van der Waals surface area contributed by atoms with Gasteiger partial charge in [-0.1, -0.05) is 74.5 Å². The maximum absolute atomic E-state index is 10.2. The molecule has 5 nitrogen and oxygen atoms in total. The van der Waals surface area contributed by atoms with Gasteiger partial charge >= 0.3 is 0 Å². The van der Waals surface area contributed by atoms with Gasteiger partial charge in [-0.25, -0.2) is 0 Å². The summed E-state index contributed by atoms with van der Waals surface area (Å²) < 4.78 is 0. The summed E-state index contributed by atoms with van der Waals surface area (Å²) in [6.07, 6.45) is 2.05. The fraction of sp³-hybridized carbons (Fsp3) is 0.357. The van der Waals surface area contributed by atoms with Crippen molar-refractivity contribution in [3.8, 4) is 18.2 Å². The van der Waals surface area contributed by atoms with Gasteiger partial charge in [-0.15, -0.1) is 0 Å². The second-order valence-electron chi connectivity index (χ2n) is 9.30. The predicted molar refractivity (Wildman–Crippen MR) is 127 cm³/mol. The minimum Gasteiger partial charge on any atom is -0.305 e. The Balaban J connectivity index is 1.80. The molecule has 0 aromatic heterocycles. The first-order valence-corrected chi connectivity index (χ1v) is 11.3. The topological polar surface area (TPSA) is 98.5 Å². The Morgan fingerprint density at radius 2 is 1.70 bits per heavy atom. The maximum Gasteiger partial charge on any atom is 0.189 e. The number of hydrogen-bond acceptors (Lipinski definition) is 5. The molecular formula is C28H27N5. The lowest BCUT2D eigenvalue weighted by molar-refractivity contribution is 0.198. The zero-order valence-electron chi connectivity index (χ0n) is 19.0. The number of nitriles is 3. The summed E-state index contributed by atoms with van der Waals surface area (Å²) >= 11 is 0. The van der Waals surface area contributed by atoms with Crippen LogP contribution in [0.4, 0.5) is 0 Å². The van der Waals surface area contributed by atoms with E-state index in [9.17, 15) is 15.8 Å². The van der Waals surface area contributed by atoms with Gasteiger partial charge < -0.3 is 5.41 Å². The van der Waals surface area contributed by atoms with Crippen molar-refractivity contribution in [2.75, 3.05) is 13.1 Å². The monoisotopic (exact) mass is 433 g/mol. The van der Waals surface area contributed by atoms with Crippen LogP contribution < -0.4 is 0 Å². The van der Waals surface area contributed by atoms with E-state index >= 15 is 0 Å². The number of benzene rings is 2. The van der Waals surface area contributed by atoms with Crippen molar-refractivity contribution in [3.05, 3.63) is 82.9 Å². The van der Waals surface area contributed by atoms with Crippen molar-refractivity contribution in [3.63, 3.8) is 0 Å². The lowest BCUT2D eigenvalue weighted by atomic mass is 9.54. The lowest BCUT2D eigenvalue weighted by Crippen LogP contribution is -2.52. The number of nitrogens with zero attached hydrogens (tertiary/aromatic N) is 4. The van der Waals surface area contributed by atoms with Gasteiger partial charge in [0.25, 0.3) is 0 Å². The van der Waals surface area contributed by atoms with E-state index in [0.717, 1.165) is 17.7 Å². The van der Waals surface area contributed by atoms with E-state index < -0.39 is 17.3 Å². The van der Waals surface area contributed by atoms with Gasteiger partial charge in [-0.05, 0) is 28.2 Å². The first-order chi connectivity index (χ1) is 15.9. The first-order valence-electron chi connectivity index (χ1n) is 11.3. The molecule has 164 valence electrons. The molecule has 2 aromatic rings. The molecule has 0 bridgehead atoms. The van der Waals surface area contributed by atoms with Crippen LogP contribution >= 0.6 is 0 Å². The molecule has 3 atom stereocenters. The van der Waals surface area contributed by atoms with Gasteiger partial charge in [-0.2, -0.15) is 15.8 Å². The van der Waals surface area contributed by atoms with Gasteiger partial charge in [0.15, 0.2) is 5.41 Å². The third-order valence-corrected chi connectivity index (χ3v) is 7.08. The molecule has 1 heterocycles. The minimum absolute atomic E-state index is 0.0908. The van der Waals surface area contributed by atoms with Crippen LogP contribution in [0.3, 0.4) is 0 Å². The molecule has 1 fully saturated rings. The third kappa shape index (κ3) is 3.84. The molecule has 1 aliphatic carbocycles. The first kappa shape index (κ1) is 22.5. The summed E-state index contributed by atoms with van der Waals surface area (Å²) in [4.78, 5) is 2.29. The Bertz CT molecular complexity index is 1170. The van der Waals surface area contributed by atoms with Crippen LogP contribution in [0.5, 0.6) is 0 Å². The fourth-order valence-corrected chi connectivity index (χ4v) is 5.30. The van der Waals surface area contributed by atoms with Gasteiger partial charge in [0.2, 0.25) is 0 Å². The van der Waals surface area contributed by atoms with Crippen molar-refractivity contribution in [1.29, 1.82) is 21.2 Å². The summed E-state index contributed by atoms with van der Waals surface area (Å²) in [6, 6.07) is 24.9. The maximum atomic E-state index is 10.2. The molecule has 5 heteroatoms. The molecular weight excluding hydrogens is 406 g/mol. The molecule has 4 rings (SSSR count). The number of hydrogen-bond donors (Lipinski definition) is 1. The molecule has 1 aliphatic heterocycles.